The maximum Gasteiger partial charge on any atom is 0.222 e. The fourth-order valence-corrected chi connectivity index (χ4v) is 2.42. The van der Waals surface area contributed by atoms with E-state index in [1.165, 1.54) is 0 Å². The molecule has 1 atom stereocenters. The molecular weight excluding hydrogens is 368 g/mol. The number of halogens is 1. The molecule has 1 unspecified atom stereocenters. The molecule has 2 aromatic carbocycles. The third-order valence-corrected chi connectivity index (χ3v) is 3.96. The number of amides is 1. The minimum Gasteiger partial charge on any atom is -0.493 e. The van der Waals surface area contributed by atoms with E-state index in [9.17, 15) is 4.79 Å². The van der Waals surface area contributed by atoms with E-state index >= 15 is 0 Å². The number of benzene rings is 2. The van der Waals surface area contributed by atoms with Gasteiger partial charge in [0.15, 0.2) is 11.5 Å². The molecule has 3 N–H and O–H groups in total. The number of rotatable bonds is 10. The number of carbonyl (C=O) groups is 1. The van der Waals surface area contributed by atoms with E-state index in [4.69, 9.17) is 19.9 Å². The first-order chi connectivity index (χ1) is 12.7. The highest BCUT2D eigenvalue weighted by Crippen LogP contribution is 2.28. The molecule has 1 amide bonds. The lowest BCUT2D eigenvalue weighted by molar-refractivity contribution is -0.123. The molecule has 0 aliphatic rings. The highest BCUT2D eigenvalue weighted by atomic mass is 35.5. The van der Waals surface area contributed by atoms with Crippen LogP contribution in [-0.4, -0.2) is 32.8 Å². The normalized spacial score (nSPS) is 11.2. The molecule has 27 heavy (non-hydrogen) atoms. The second-order valence-corrected chi connectivity index (χ2v) is 5.83. The minimum absolute atomic E-state index is 0. The maximum absolute atomic E-state index is 11.9. The van der Waals surface area contributed by atoms with Crippen LogP contribution in [0.3, 0.4) is 0 Å². The van der Waals surface area contributed by atoms with Crippen LogP contribution in [0.1, 0.15) is 17.5 Å². The average molecular weight is 395 g/mol. The lowest BCUT2D eigenvalue weighted by Gasteiger charge is -2.14. The second-order valence-electron chi connectivity index (χ2n) is 5.83. The highest BCUT2D eigenvalue weighted by molar-refractivity contribution is 5.85. The van der Waals surface area contributed by atoms with E-state index in [0.29, 0.717) is 31.2 Å². The topological polar surface area (TPSA) is 82.8 Å². The number of methoxy groups -OCH3 is 2. The van der Waals surface area contributed by atoms with Crippen molar-refractivity contribution >= 4 is 18.3 Å². The molecule has 6 nitrogen and oxygen atoms in total. The average Bonchev–Trinajstić information content (AvgIpc) is 2.69. The van der Waals surface area contributed by atoms with E-state index in [0.717, 1.165) is 11.1 Å². The molecule has 7 heteroatoms. The lowest BCUT2D eigenvalue weighted by atomic mass is 10.2. The van der Waals surface area contributed by atoms with Crippen LogP contribution in [0, 0.1) is 0 Å². The van der Waals surface area contributed by atoms with Crippen molar-refractivity contribution in [3.8, 4) is 11.5 Å². The Kier molecular flexibility index (Phi) is 10.3. The predicted octanol–water partition coefficient (Wildman–Crippen LogP) is 2.68. The molecule has 2 rings (SSSR count). The van der Waals surface area contributed by atoms with Crippen LogP contribution in [0.15, 0.2) is 48.5 Å². The fourth-order valence-electron chi connectivity index (χ4n) is 2.42. The third-order valence-electron chi connectivity index (χ3n) is 3.96. The van der Waals surface area contributed by atoms with Crippen molar-refractivity contribution in [3.63, 3.8) is 0 Å². The zero-order valence-electron chi connectivity index (χ0n) is 15.6. The van der Waals surface area contributed by atoms with Crippen molar-refractivity contribution in [2.24, 2.45) is 5.73 Å². The molecule has 148 valence electrons. The molecule has 0 fully saturated rings. The monoisotopic (exact) mass is 394 g/mol. The van der Waals surface area contributed by atoms with E-state index in [1.54, 1.807) is 14.2 Å². The first-order valence-corrected chi connectivity index (χ1v) is 8.49. The number of carbonyl (C=O) groups excluding carboxylic acids is 1. The molecular formula is C20H27ClN2O4. The largest absolute Gasteiger partial charge is 0.493 e. The Morgan fingerprint density at radius 1 is 1.07 bits per heavy atom. The second kappa shape index (κ2) is 12.2. The van der Waals surface area contributed by atoms with Gasteiger partial charge in [-0.15, -0.1) is 12.4 Å². The van der Waals surface area contributed by atoms with Crippen molar-refractivity contribution in [1.82, 2.24) is 5.32 Å². The third kappa shape index (κ3) is 7.46. The van der Waals surface area contributed by atoms with Gasteiger partial charge in [-0.1, -0.05) is 36.4 Å². The molecule has 0 saturated carbocycles. The Bertz CT molecular complexity index is 694. The molecule has 2 aromatic rings. The van der Waals surface area contributed by atoms with Gasteiger partial charge < -0.3 is 25.3 Å². The van der Waals surface area contributed by atoms with Gasteiger partial charge in [0, 0.05) is 20.2 Å². The zero-order chi connectivity index (χ0) is 18.8. The smallest absolute Gasteiger partial charge is 0.222 e. The molecule has 0 aliphatic carbocycles. The van der Waals surface area contributed by atoms with Crippen LogP contribution < -0.4 is 20.5 Å². The minimum atomic E-state index is -0.265. The van der Waals surface area contributed by atoms with Crippen molar-refractivity contribution in [2.75, 3.05) is 20.8 Å². The van der Waals surface area contributed by atoms with Crippen molar-refractivity contribution < 1.29 is 19.0 Å². The van der Waals surface area contributed by atoms with Gasteiger partial charge in [-0.05, 0) is 23.3 Å². The summed E-state index contributed by atoms with van der Waals surface area (Å²) >= 11 is 0. The summed E-state index contributed by atoms with van der Waals surface area (Å²) in [6.07, 6.45) is -0.0270. The van der Waals surface area contributed by atoms with Crippen LogP contribution in [0.25, 0.3) is 0 Å². The Balaban J connectivity index is 0.00000364. The van der Waals surface area contributed by atoms with E-state index in [-0.39, 0.29) is 30.8 Å². The molecule has 0 bridgehead atoms. The summed E-state index contributed by atoms with van der Waals surface area (Å²) in [5.74, 6) is 1.18. The summed E-state index contributed by atoms with van der Waals surface area (Å²) in [6, 6.07) is 15.5. The number of nitrogens with two attached hydrogens (primary N) is 1. The number of ether oxygens (including phenoxy) is 3. The quantitative estimate of drug-likeness (QED) is 0.647. The van der Waals surface area contributed by atoms with Gasteiger partial charge in [-0.3, -0.25) is 4.79 Å². The number of hydrogen-bond acceptors (Lipinski definition) is 5. The van der Waals surface area contributed by atoms with Crippen LogP contribution in [0.4, 0.5) is 0 Å². The van der Waals surface area contributed by atoms with Crippen LogP contribution in [-0.2, 0) is 22.7 Å². The summed E-state index contributed by atoms with van der Waals surface area (Å²) in [4.78, 5) is 11.9. The van der Waals surface area contributed by atoms with Crippen molar-refractivity contribution in [2.45, 2.75) is 25.7 Å². The summed E-state index contributed by atoms with van der Waals surface area (Å²) in [6.45, 7) is 1.17. The van der Waals surface area contributed by atoms with Crippen molar-refractivity contribution in [3.05, 3.63) is 59.7 Å². The van der Waals surface area contributed by atoms with Crippen LogP contribution >= 0.6 is 12.4 Å². The van der Waals surface area contributed by atoms with Gasteiger partial charge >= 0.3 is 0 Å². The lowest BCUT2D eigenvalue weighted by Crippen LogP contribution is -2.31. The van der Waals surface area contributed by atoms with E-state index < -0.39 is 0 Å². The van der Waals surface area contributed by atoms with Gasteiger partial charge in [0.1, 0.15) is 6.61 Å². The standard InChI is InChI=1S/C20H26N2O4.ClH/c1-24-17(12-21)11-20(23)22-13-16-8-9-18(19(10-16)25-2)26-14-15-6-4-3-5-7-15;/h3-10,17H,11-14,21H2,1-2H3,(H,22,23);1H. The SMILES string of the molecule is COc1cc(CNC(=O)CC(CN)OC)ccc1OCc1ccccc1.Cl. The Labute approximate surface area is 166 Å². The molecule has 0 spiro atoms. The first-order valence-electron chi connectivity index (χ1n) is 8.49. The van der Waals surface area contributed by atoms with Gasteiger partial charge in [-0.25, -0.2) is 0 Å². The fraction of sp³-hybridized carbons (Fsp3) is 0.350. The number of hydrogen-bond donors (Lipinski definition) is 2. The molecule has 0 aromatic heterocycles. The predicted molar refractivity (Wildman–Crippen MR) is 107 cm³/mol. The Morgan fingerprint density at radius 2 is 1.81 bits per heavy atom. The van der Waals surface area contributed by atoms with Gasteiger partial charge in [0.05, 0.1) is 19.6 Å². The first kappa shape index (κ1) is 22.8. The van der Waals surface area contributed by atoms with Crippen molar-refractivity contribution in [1.29, 1.82) is 0 Å². The van der Waals surface area contributed by atoms with Gasteiger partial charge in [0.2, 0.25) is 5.91 Å². The van der Waals surface area contributed by atoms with Crippen LogP contribution in [0.2, 0.25) is 0 Å². The van der Waals surface area contributed by atoms with E-state index in [2.05, 4.69) is 5.32 Å². The Morgan fingerprint density at radius 3 is 2.44 bits per heavy atom. The zero-order valence-corrected chi connectivity index (χ0v) is 16.5. The molecule has 0 saturated heterocycles. The Hall–Kier alpha value is -2.28. The molecule has 0 aliphatic heterocycles. The van der Waals surface area contributed by atoms with Gasteiger partial charge in [-0.2, -0.15) is 0 Å². The van der Waals surface area contributed by atoms with Crippen LogP contribution in [0.5, 0.6) is 11.5 Å². The summed E-state index contributed by atoms with van der Waals surface area (Å²) in [7, 11) is 3.14. The highest BCUT2D eigenvalue weighted by Gasteiger charge is 2.12. The summed E-state index contributed by atoms with van der Waals surface area (Å²) in [5.41, 5.74) is 7.53. The summed E-state index contributed by atoms with van der Waals surface area (Å²) in [5, 5.41) is 2.86. The molecule has 0 radical (unpaired) electrons. The number of nitrogens with one attached hydrogen (secondary N) is 1. The molecule has 0 heterocycles. The van der Waals surface area contributed by atoms with Gasteiger partial charge in [0.25, 0.3) is 0 Å². The van der Waals surface area contributed by atoms with E-state index in [1.807, 2.05) is 48.5 Å². The maximum atomic E-state index is 11.9. The summed E-state index contributed by atoms with van der Waals surface area (Å²) < 4.78 is 16.4.